The molecule has 4 nitrogen and oxygen atoms in total. The number of esters is 1. The summed E-state index contributed by atoms with van der Waals surface area (Å²) < 4.78 is 5.02. The number of carbonyl (C=O) groups is 1. The van der Waals surface area contributed by atoms with Gasteiger partial charge in [-0.05, 0) is 20.8 Å². The van der Waals surface area contributed by atoms with Crippen LogP contribution in [-0.4, -0.2) is 35.0 Å². The van der Waals surface area contributed by atoms with E-state index in [2.05, 4.69) is 49.9 Å². The topological polar surface area (TPSA) is 42.4 Å². The van der Waals surface area contributed by atoms with Crippen molar-refractivity contribution in [2.24, 2.45) is 0 Å². The van der Waals surface area contributed by atoms with Crippen molar-refractivity contribution in [1.29, 1.82) is 0 Å². The molecule has 114 valence electrons. The summed E-state index contributed by atoms with van der Waals surface area (Å²) in [5.41, 5.74) is 1.18. The van der Waals surface area contributed by atoms with Gasteiger partial charge in [0.05, 0.1) is 25.4 Å². The second-order valence-corrected chi connectivity index (χ2v) is 7.12. The summed E-state index contributed by atoms with van der Waals surface area (Å²) >= 11 is 1.66. The SMILES string of the molecule is CCOC(=O)CN(Cc1nc(C(C)(C)C)cs1)C(C)C. The highest BCUT2D eigenvalue weighted by Crippen LogP contribution is 2.24. The van der Waals surface area contributed by atoms with E-state index in [0.29, 0.717) is 19.7 Å². The molecule has 0 unspecified atom stereocenters. The molecular weight excluding hydrogens is 272 g/mol. The number of hydrogen-bond acceptors (Lipinski definition) is 5. The molecule has 1 aromatic rings. The quantitative estimate of drug-likeness (QED) is 0.756. The van der Waals surface area contributed by atoms with Crippen LogP contribution in [0.25, 0.3) is 0 Å². The molecule has 0 N–H and O–H groups in total. The number of aromatic nitrogens is 1. The Morgan fingerprint density at radius 2 is 2.10 bits per heavy atom. The molecule has 0 atom stereocenters. The number of carbonyl (C=O) groups excluding carboxylic acids is 1. The van der Waals surface area contributed by atoms with Crippen molar-refractivity contribution in [2.45, 2.75) is 59.5 Å². The Kier molecular flexibility index (Phi) is 6.14. The normalized spacial score (nSPS) is 12.2. The minimum Gasteiger partial charge on any atom is -0.465 e. The van der Waals surface area contributed by atoms with Crippen LogP contribution in [0.4, 0.5) is 0 Å². The van der Waals surface area contributed by atoms with Crippen LogP contribution in [0.5, 0.6) is 0 Å². The fourth-order valence-corrected chi connectivity index (χ4v) is 2.74. The maximum Gasteiger partial charge on any atom is 0.320 e. The highest BCUT2D eigenvalue weighted by atomic mass is 32.1. The van der Waals surface area contributed by atoms with Gasteiger partial charge in [-0.3, -0.25) is 9.69 Å². The molecule has 0 saturated heterocycles. The van der Waals surface area contributed by atoms with Gasteiger partial charge in [-0.15, -0.1) is 11.3 Å². The Hall–Kier alpha value is -0.940. The number of nitrogens with zero attached hydrogens (tertiary/aromatic N) is 2. The second kappa shape index (κ2) is 7.18. The molecule has 0 aromatic carbocycles. The molecule has 0 bridgehead atoms. The molecule has 0 fully saturated rings. The number of thiazole rings is 1. The van der Waals surface area contributed by atoms with Crippen molar-refractivity contribution in [1.82, 2.24) is 9.88 Å². The molecule has 5 heteroatoms. The van der Waals surface area contributed by atoms with Crippen molar-refractivity contribution >= 4 is 17.3 Å². The maximum absolute atomic E-state index is 11.6. The first-order valence-corrected chi connectivity index (χ1v) is 7.96. The Balaban J connectivity index is 2.71. The molecule has 0 spiro atoms. The van der Waals surface area contributed by atoms with Gasteiger partial charge in [0.1, 0.15) is 5.01 Å². The lowest BCUT2D eigenvalue weighted by molar-refractivity contribution is -0.145. The van der Waals surface area contributed by atoms with Gasteiger partial charge in [-0.1, -0.05) is 20.8 Å². The minimum atomic E-state index is -0.172. The third-order valence-corrected chi connectivity index (χ3v) is 3.86. The van der Waals surface area contributed by atoms with Crippen LogP contribution in [-0.2, 0) is 21.5 Å². The molecule has 0 aliphatic heterocycles. The van der Waals surface area contributed by atoms with Gasteiger partial charge in [0.25, 0.3) is 0 Å². The van der Waals surface area contributed by atoms with Crippen LogP contribution in [0.2, 0.25) is 0 Å². The van der Waals surface area contributed by atoms with Gasteiger partial charge in [-0.25, -0.2) is 4.98 Å². The lowest BCUT2D eigenvalue weighted by Crippen LogP contribution is -2.36. The number of hydrogen-bond donors (Lipinski definition) is 0. The molecule has 0 amide bonds. The third-order valence-electron chi connectivity index (χ3n) is 3.03. The molecule has 0 aliphatic rings. The van der Waals surface area contributed by atoms with Crippen molar-refractivity contribution in [3.63, 3.8) is 0 Å². The smallest absolute Gasteiger partial charge is 0.320 e. The fraction of sp³-hybridized carbons (Fsp3) is 0.733. The maximum atomic E-state index is 11.6. The van der Waals surface area contributed by atoms with Crippen LogP contribution < -0.4 is 0 Å². The van der Waals surface area contributed by atoms with Crippen LogP contribution >= 0.6 is 11.3 Å². The molecule has 1 heterocycles. The molecule has 1 rings (SSSR count). The van der Waals surface area contributed by atoms with Crippen molar-refractivity contribution in [2.75, 3.05) is 13.2 Å². The zero-order chi connectivity index (χ0) is 15.3. The van der Waals surface area contributed by atoms with Gasteiger partial charge in [-0.2, -0.15) is 0 Å². The molecule has 20 heavy (non-hydrogen) atoms. The summed E-state index contributed by atoms with van der Waals surface area (Å²) in [5, 5.41) is 3.16. The lowest BCUT2D eigenvalue weighted by atomic mass is 9.93. The van der Waals surface area contributed by atoms with E-state index in [1.807, 2.05) is 6.92 Å². The fourth-order valence-electron chi connectivity index (χ4n) is 1.70. The van der Waals surface area contributed by atoms with Crippen LogP contribution in [0.1, 0.15) is 52.2 Å². The zero-order valence-electron chi connectivity index (χ0n) is 13.4. The van der Waals surface area contributed by atoms with Gasteiger partial charge in [0, 0.05) is 16.8 Å². The average molecular weight is 298 g/mol. The van der Waals surface area contributed by atoms with E-state index < -0.39 is 0 Å². The van der Waals surface area contributed by atoms with E-state index in [0.717, 1.165) is 10.7 Å². The Morgan fingerprint density at radius 1 is 1.45 bits per heavy atom. The monoisotopic (exact) mass is 298 g/mol. The summed E-state index contributed by atoms with van der Waals surface area (Å²) in [7, 11) is 0. The third kappa shape index (κ3) is 5.21. The average Bonchev–Trinajstić information content (AvgIpc) is 2.76. The first-order valence-electron chi connectivity index (χ1n) is 7.08. The lowest BCUT2D eigenvalue weighted by Gasteiger charge is -2.24. The number of ether oxygens (including phenoxy) is 1. The summed E-state index contributed by atoms with van der Waals surface area (Å²) in [4.78, 5) is 18.4. The summed E-state index contributed by atoms with van der Waals surface area (Å²) in [6.45, 7) is 13.9. The molecule has 1 aromatic heterocycles. The number of rotatable bonds is 6. The largest absolute Gasteiger partial charge is 0.465 e. The summed E-state index contributed by atoms with van der Waals surface area (Å²) in [5.74, 6) is -0.172. The first-order chi connectivity index (χ1) is 9.24. The second-order valence-electron chi connectivity index (χ2n) is 6.18. The molecule has 0 aliphatic carbocycles. The summed E-state index contributed by atoms with van der Waals surface area (Å²) in [6, 6.07) is 0.279. The van der Waals surface area contributed by atoms with E-state index in [9.17, 15) is 4.79 Å². The van der Waals surface area contributed by atoms with Gasteiger partial charge < -0.3 is 4.74 Å². The minimum absolute atomic E-state index is 0.0680. The standard InChI is InChI=1S/C15H26N2O2S/c1-7-19-14(18)9-17(11(2)3)8-13-16-12(10-20-13)15(4,5)6/h10-11H,7-9H2,1-6H3. The van der Waals surface area contributed by atoms with Crippen molar-refractivity contribution in [3.05, 3.63) is 16.1 Å². The van der Waals surface area contributed by atoms with E-state index in [1.165, 1.54) is 0 Å². The van der Waals surface area contributed by atoms with E-state index in [4.69, 9.17) is 4.74 Å². The van der Waals surface area contributed by atoms with Gasteiger partial charge >= 0.3 is 5.97 Å². The van der Waals surface area contributed by atoms with E-state index in [-0.39, 0.29) is 17.4 Å². The molecule has 0 radical (unpaired) electrons. The van der Waals surface area contributed by atoms with E-state index in [1.54, 1.807) is 11.3 Å². The van der Waals surface area contributed by atoms with Crippen LogP contribution in [0.3, 0.4) is 0 Å². The Bertz CT molecular complexity index is 435. The first kappa shape index (κ1) is 17.1. The van der Waals surface area contributed by atoms with Gasteiger partial charge in [0.15, 0.2) is 0 Å². The molecular formula is C15H26N2O2S. The predicted molar refractivity (Wildman–Crippen MR) is 83.0 cm³/mol. The van der Waals surface area contributed by atoms with Crippen molar-refractivity contribution < 1.29 is 9.53 Å². The van der Waals surface area contributed by atoms with E-state index >= 15 is 0 Å². The van der Waals surface area contributed by atoms with Crippen LogP contribution in [0, 0.1) is 0 Å². The highest BCUT2D eigenvalue weighted by Gasteiger charge is 2.20. The highest BCUT2D eigenvalue weighted by molar-refractivity contribution is 7.09. The Morgan fingerprint density at radius 3 is 2.55 bits per heavy atom. The Labute approximate surface area is 126 Å². The predicted octanol–water partition coefficient (Wildman–Crippen LogP) is 3.21. The molecule has 0 saturated carbocycles. The van der Waals surface area contributed by atoms with Crippen molar-refractivity contribution in [3.8, 4) is 0 Å². The zero-order valence-corrected chi connectivity index (χ0v) is 14.2. The summed E-state index contributed by atoms with van der Waals surface area (Å²) in [6.07, 6.45) is 0. The van der Waals surface area contributed by atoms with Crippen LogP contribution in [0.15, 0.2) is 5.38 Å². The van der Waals surface area contributed by atoms with Gasteiger partial charge in [0.2, 0.25) is 0 Å².